The highest BCUT2D eigenvalue weighted by atomic mass is 16.5. The molecule has 0 aliphatic heterocycles. The highest BCUT2D eigenvalue weighted by Gasteiger charge is 2.10. The molecule has 4 nitrogen and oxygen atoms in total. The standard InChI is InChI=1S/C15H12N2O2/c18-15(10-19-12-6-2-1-3-7-12)17-11-16-13-8-4-5-9-14(13)17/h1-9,11H,10H2. The van der Waals surface area contributed by atoms with Gasteiger partial charge in [-0.3, -0.25) is 9.36 Å². The zero-order chi connectivity index (χ0) is 13.1. The molecule has 0 unspecified atom stereocenters. The van der Waals surface area contributed by atoms with Crippen LogP contribution in [-0.2, 0) is 0 Å². The number of hydrogen-bond donors (Lipinski definition) is 0. The molecule has 0 bridgehead atoms. The number of fused-ring (bicyclic) bond motifs is 1. The number of carbonyl (C=O) groups excluding carboxylic acids is 1. The van der Waals surface area contributed by atoms with E-state index in [0.717, 1.165) is 11.0 Å². The van der Waals surface area contributed by atoms with Gasteiger partial charge < -0.3 is 4.74 Å². The zero-order valence-electron chi connectivity index (χ0n) is 10.2. The fourth-order valence-electron chi connectivity index (χ4n) is 1.89. The van der Waals surface area contributed by atoms with Gasteiger partial charge in [-0.15, -0.1) is 0 Å². The van der Waals surface area contributed by atoms with Crippen molar-refractivity contribution in [2.24, 2.45) is 0 Å². The van der Waals surface area contributed by atoms with Crippen molar-refractivity contribution in [2.75, 3.05) is 6.61 Å². The molecule has 1 aromatic heterocycles. The average Bonchev–Trinajstić information content (AvgIpc) is 2.90. The first-order chi connectivity index (χ1) is 9.34. The Bertz CT molecular complexity index is 704. The minimum absolute atomic E-state index is 0.00956. The van der Waals surface area contributed by atoms with Gasteiger partial charge in [0.25, 0.3) is 5.91 Å². The van der Waals surface area contributed by atoms with Gasteiger partial charge in [0.1, 0.15) is 12.1 Å². The van der Waals surface area contributed by atoms with Crippen LogP contribution in [0.2, 0.25) is 0 Å². The van der Waals surface area contributed by atoms with Crippen LogP contribution >= 0.6 is 0 Å². The predicted molar refractivity (Wildman–Crippen MR) is 72.3 cm³/mol. The number of para-hydroxylation sites is 3. The van der Waals surface area contributed by atoms with E-state index in [0.29, 0.717) is 5.75 Å². The Balaban J connectivity index is 1.77. The SMILES string of the molecule is O=C(COc1ccccc1)n1cnc2ccccc21. The Morgan fingerprint density at radius 2 is 1.79 bits per heavy atom. The second-order valence-electron chi connectivity index (χ2n) is 4.10. The van der Waals surface area contributed by atoms with Gasteiger partial charge in [0.05, 0.1) is 11.0 Å². The molecule has 3 aromatic rings. The molecule has 4 heteroatoms. The minimum Gasteiger partial charge on any atom is -0.484 e. The molecule has 0 radical (unpaired) electrons. The third-order valence-electron chi connectivity index (χ3n) is 2.83. The second kappa shape index (κ2) is 4.94. The van der Waals surface area contributed by atoms with Crippen molar-refractivity contribution < 1.29 is 9.53 Å². The lowest BCUT2D eigenvalue weighted by Crippen LogP contribution is -2.18. The summed E-state index contributed by atoms with van der Waals surface area (Å²) in [5.41, 5.74) is 1.60. The number of hydrogen-bond acceptors (Lipinski definition) is 3. The van der Waals surface area contributed by atoms with E-state index in [1.165, 1.54) is 10.9 Å². The van der Waals surface area contributed by atoms with Crippen molar-refractivity contribution in [3.63, 3.8) is 0 Å². The summed E-state index contributed by atoms with van der Waals surface area (Å²) < 4.78 is 6.95. The molecular weight excluding hydrogens is 240 g/mol. The molecule has 0 aliphatic carbocycles. The van der Waals surface area contributed by atoms with E-state index in [1.807, 2.05) is 54.6 Å². The van der Waals surface area contributed by atoms with Gasteiger partial charge in [0.15, 0.2) is 6.61 Å². The number of ether oxygens (including phenoxy) is 1. The average molecular weight is 252 g/mol. The van der Waals surface area contributed by atoms with E-state index < -0.39 is 0 Å². The van der Waals surface area contributed by atoms with Crippen LogP contribution < -0.4 is 4.74 Å². The van der Waals surface area contributed by atoms with Crippen LogP contribution in [0.4, 0.5) is 0 Å². The van der Waals surface area contributed by atoms with Gasteiger partial charge >= 0.3 is 0 Å². The number of rotatable bonds is 3. The summed E-state index contributed by atoms with van der Waals surface area (Å²) in [5.74, 6) is 0.540. The summed E-state index contributed by atoms with van der Waals surface area (Å²) in [6.07, 6.45) is 1.53. The molecule has 0 fully saturated rings. The van der Waals surface area contributed by atoms with E-state index >= 15 is 0 Å². The van der Waals surface area contributed by atoms with Crippen molar-refractivity contribution in [1.82, 2.24) is 9.55 Å². The van der Waals surface area contributed by atoms with E-state index in [4.69, 9.17) is 4.74 Å². The smallest absolute Gasteiger partial charge is 0.270 e. The molecule has 0 amide bonds. The summed E-state index contributed by atoms with van der Waals surface area (Å²) in [6.45, 7) is -0.00956. The summed E-state index contributed by atoms with van der Waals surface area (Å²) in [7, 11) is 0. The first kappa shape index (κ1) is 11.5. The van der Waals surface area contributed by atoms with Crippen LogP contribution in [0, 0.1) is 0 Å². The lowest BCUT2D eigenvalue weighted by Gasteiger charge is -2.06. The number of carbonyl (C=O) groups is 1. The highest BCUT2D eigenvalue weighted by molar-refractivity contribution is 5.90. The molecule has 0 aliphatic rings. The quantitative estimate of drug-likeness (QED) is 0.720. The Hall–Kier alpha value is -2.62. The van der Waals surface area contributed by atoms with Gasteiger partial charge in [-0.25, -0.2) is 4.98 Å². The zero-order valence-corrected chi connectivity index (χ0v) is 10.2. The van der Waals surface area contributed by atoms with E-state index in [2.05, 4.69) is 4.98 Å². The maximum Gasteiger partial charge on any atom is 0.270 e. The maximum atomic E-state index is 12.1. The van der Waals surface area contributed by atoms with Crippen molar-refractivity contribution in [2.45, 2.75) is 0 Å². The molecule has 0 atom stereocenters. The first-order valence-corrected chi connectivity index (χ1v) is 5.98. The molecule has 0 saturated carbocycles. The Morgan fingerprint density at radius 3 is 2.63 bits per heavy atom. The van der Waals surface area contributed by atoms with Crippen molar-refractivity contribution in [3.8, 4) is 5.75 Å². The molecule has 0 spiro atoms. The van der Waals surface area contributed by atoms with Crippen molar-refractivity contribution in [1.29, 1.82) is 0 Å². The van der Waals surface area contributed by atoms with E-state index in [1.54, 1.807) is 0 Å². The summed E-state index contributed by atoms with van der Waals surface area (Å²) in [5, 5.41) is 0. The third kappa shape index (κ3) is 2.33. The van der Waals surface area contributed by atoms with Crippen LogP contribution in [0.15, 0.2) is 60.9 Å². The fraction of sp³-hybridized carbons (Fsp3) is 0.0667. The van der Waals surface area contributed by atoms with Crippen LogP contribution in [0.5, 0.6) is 5.75 Å². The van der Waals surface area contributed by atoms with Crippen LogP contribution in [0.25, 0.3) is 11.0 Å². The number of imidazole rings is 1. The minimum atomic E-state index is -0.141. The van der Waals surface area contributed by atoms with E-state index in [-0.39, 0.29) is 12.5 Å². The first-order valence-electron chi connectivity index (χ1n) is 5.98. The monoisotopic (exact) mass is 252 g/mol. The second-order valence-corrected chi connectivity index (χ2v) is 4.10. The third-order valence-corrected chi connectivity index (χ3v) is 2.83. The molecule has 19 heavy (non-hydrogen) atoms. The van der Waals surface area contributed by atoms with E-state index in [9.17, 15) is 4.79 Å². The number of nitrogens with zero attached hydrogens (tertiary/aromatic N) is 2. The molecule has 0 N–H and O–H groups in total. The molecule has 1 heterocycles. The lowest BCUT2D eigenvalue weighted by molar-refractivity contribution is 0.0842. The normalized spacial score (nSPS) is 10.5. The maximum absolute atomic E-state index is 12.1. The van der Waals surface area contributed by atoms with Gasteiger partial charge in [-0.2, -0.15) is 0 Å². The van der Waals surface area contributed by atoms with Crippen LogP contribution in [0.3, 0.4) is 0 Å². The highest BCUT2D eigenvalue weighted by Crippen LogP contribution is 2.12. The Morgan fingerprint density at radius 1 is 1.05 bits per heavy atom. The van der Waals surface area contributed by atoms with Crippen molar-refractivity contribution in [3.05, 3.63) is 60.9 Å². The summed E-state index contributed by atoms with van der Waals surface area (Å²) in [6, 6.07) is 16.8. The number of benzene rings is 2. The van der Waals surface area contributed by atoms with Crippen LogP contribution in [0.1, 0.15) is 4.79 Å². The van der Waals surface area contributed by atoms with Gasteiger partial charge in [0.2, 0.25) is 0 Å². The predicted octanol–water partition coefficient (Wildman–Crippen LogP) is 2.76. The van der Waals surface area contributed by atoms with Gasteiger partial charge in [-0.05, 0) is 24.3 Å². The van der Waals surface area contributed by atoms with Gasteiger partial charge in [-0.1, -0.05) is 30.3 Å². The molecule has 94 valence electrons. The molecule has 0 saturated heterocycles. The fourth-order valence-corrected chi connectivity index (χ4v) is 1.89. The Kier molecular flexibility index (Phi) is 2.98. The van der Waals surface area contributed by atoms with Crippen LogP contribution in [-0.4, -0.2) is 22.1 Å². The summed E-state index contributed by atoms with van der Waals surface area (Å²) in [4.78, 5) is 16.3. The van der Waals surface area contributed by atoms with Gasteiger partial charge in [0, 0.05) is 0 Å². The molecule has 2 aromatic carbocycles. The molecular formula is C15H12N2O2. The number of aromatic nitrogens is 2. The van der Waals surface area contributed by atoms with Crippen molar-refractivity contribution >= 4 is 16.9 Å². The lowest BCUT2D eigenvalue weighted by atomic mass is 10.3. The largest absolute Gasteiger partial charge is 0.484 e. The Labute approximate surface area is 110 Å². The topological polar surface area (TPSA) is 44.1 Å². The molecule has 3 rings (SSSR count). The summed E-state index contributed by atoms with van der Waals surface area (Å²) >= 11 is 0.